The van der Waals surface area contributed by atoms with E-state index in [-0.39, 0.29) is 23.3 Å². The second-order valence-electron chi connectivity index (χ2n) is 11.9. The van der Waals surface area contributed by atoms with Gasteiger partial charge in [-0.3, -0.25) is 0 Å². The van der Waals surface area contributed by atoms with Crippen LogP contribution in [-0.2, 0) is 23.7 Å². The lowest BCUT2D eigenvalue weighted by molar-refractivity contribution is -0.207. The van der Waals surface area contributed by atoms with E-state index in [2.05, 4.69) is 0 Å². The van der Waals surface area contributed by atoms with Gasteiger partial charge in [0.2, 0.25) is 0 Å². The molecule has 248 valence electrons. The second kappa shape index (κ2) is 15.8. The normalized spacial score (nSPS) is 20.6. The van der Waals surface area contributed by atoms with Gasteiger partial charge in [-0.15, -0.1) is 11.8 Å². The van der Waals surface area contributed by atoms with E-state index in [1.54, 1.807) is 121 Å². The van der Waals surface area contributed by atoms with Gasteiger partial charge in [-0.25, -0.2) is 19.2 Å². The molecule has 48 heavy (non-hydrogen) atoms. The molecule has 4 aromatic carbocycles. The lowest BCUT2D eigenvalue weighted by Crippen LogP contribution is -2.62. The first-order valence-electron chi connectivity index (χ1n) is 15.4. The summed E-state index contributed by atoms with van der Waals surface area (Å²) in [5, 5.41) is 0. The Hall–Kier alpha value is -4.93. The first kappa shape index (κ1) is 34.4. The van der Waals surface area contributed by atoms with E-state index in [9.17, 15) is 19.2 Å². The summed E-state index contributed by atoms with van der Waals surface area (Å²) in [6.07, 6.45) is -5.10. The number of carbonyl (C=O) groups is 4. The van der Waals surface area contributed by atoms with Crippen molar-refractivity contribution in [1.82, 2.24) is 0 Å². The van der Waals surface area contributed by atoms with Crippen LogP contribution in [0.1, 0.15) is 62.2 Å². The van der Waals surface area contributed by atoms with Crippen molar-refractivity contribution in [2.45, 2.75) is 55.4 Å². The van der Waals surface area contributed by atoms with E-state index in [0.29, 0.717) is 5.56 Å². The number of hydrogen-bond donors (Lipinski definition) is 0. The molecule has 9 nitrogen and oxygen atoms in total. The third-order valence-corrected chi connectivity index (χ3v) is 8.53. The summed E-state index contributed by atoms with van der Waals surface area (Å²) < 4.78 is 30.0. The van der Waals surface area contributed by atoms with Crippen LogP contribution in [0.4, 0.5) is 0 Å². The average molecular weight is 669 g/mol. The summed E-state index contributed by atoms with van der Waals surface area (Å²) in [4.78, 5) is 53.7. The van der Waals surface area contributed by atoms with Gasteiger partial charge in [0.15, 0.2) is 18.3 Å². The van der Waals surface area contributed by atoms with E-state index in [1.165, 1.54) is 11.8 Å². The summed E-state index contributed by atoms with van der Waals surface area (Å²) in [7, 11) is 0. The van der Waals surface area contributed by atoms with Crippen molar-refractivity contribution in [3.63, 3.8) is 0 Å². The topological polar surface area (TPSA) is 114 Å². The Morgan fingerprint density at radius 1 is 0.542 bits per heavy atom. The smallest absolute Gasteiger partial charge is 0.338 e. The molecule has 1 saturated heterocycles. The number of hydrogen-bond acceptors (Lipinski definition) is 10. The molecular formula is C38H36O9S. The first-order chi connectivity index (χ1) is 23.1. The Morgan fingerprint density at radius 3 is 1.29 bits per heavy atom. The fraction of sp³-hybridized carbons (Fsp3) is 0.263. The average Bonchev–Trinajstić information content (AvgIpc) is 3.10. The zero-order valence-corrected chi connectivity index (χ0v) is 27.5. The molecule has 0 unspecified atom stereocenters. The lowest BCUT2D eigenvalue weighted by atomic mass is 9.98. The monoisotopic (exact) mass is 668 g/mol. The molecule has 0 N–H and O–H groups in total. The van der Waals surface area contributed by atoms with Crippen LogP contribution in [0.5, 0.6) is 0 Å². The maximum Gasteiger partial charge on any atom is 0.338 e. The van der Waals surface area contributed by atoms with Crippen molar-refractivity contribution in [3.05, 3.63) is 144 Å². The highest BCUT2D eigenvalue weighted by atomic mass is 32.2. The zero-order chi connectivity index (χ0) is 34.1. The van der Waals surface area contributed by atoms with Crippen molar-refractivity contribution in [3.8, 4) is 0 Å². The third-order valence-electron chi connectivity index (χ3n) is 7.21. The summed E-state index contributed by atoms with van der Waals surface area (Å²) in [5.74, 6) is -2.78. The molecule has 1 aliphatic heterocycles. The van der Waals surface area contributed by atoms with Crippen LogP contribution in [0.3, 0.4) is 0 Å². The molecule has 5 rings (SSSR count). The van der Waals surface area contributed by atoms with Crippen molar-refractivity contribution < 1.29 is 42.9 Å². The van der Waals surface area contributed by atoms with E-state index >= 15 is 0 Å². The standard InChI is InChI=1S/C38H36O9S/c1-38(2,3)48-37-32(47-36(42)28-22-14-7-15-23-28)31(46-35(41)27-20-12-6-13-21-27)30(45-34(40)26-18-10-5-11-19-26)29(44-37)24-43-33(39)25-16-8-4-9-17-25/h4-23,29-32,37H,24H2,1-3H3/t29-,30-,31+,32+,37+/m1/s1. The number of esters is 4. The molecular weight excluding hydrogens is 632 g/mol. The molecule has 1 aliphatic rings. The molecule has 0 spiro atoms. The molecule has 5 atom stereocenters. The third kappa shape index (κ3) is 9.11. The number of ether oxygens (including phenoxy) is 5. The van der Waals surface area contributed by atoms with Gasteiger partial charge in [-0.2, -0.15) is 0 Å². The van der Waals surface area contributed by atoms with E-state index < -0.39 is 58.5 Å². The molecule has 0 amide bonds. The van der Waals surface area contributed by atoms with Crippen LogP contribution in [0.25, 0.3) is 0 Å². The van der Waals surface area contributed by atoms with Crippen LogP contribution < -0.4 is 0 Å². The molecule has 4 aromatic rings. The van der Waals surface area contributed by atoms with Gasteiger partial charge in [0, 0.05) is 4.75 Å². The Morgan fingerprint density at radius 2 is 0.896 bits per heavy atom. The van der Waals surface area contributed by atoms with Crippen molar-refractivity contribution in [2.24, 2.45) is 0 Å². The van der Waals surface area contributed by atoms with Crippen LogP contribution in [0.2, 0.25) is 0 Å². The van der Waals surface area contributed by atoms with Gasteiger partial charge in [-0.1, -0.05) is 93.6 Å². The minimum atomic E-state index is -1.37. The van der Waals surface area contributed by atoms with Crippen LogP contribution >= 0.6 is 11.8 Å². The second-order valence-corrected chi connectivity index (χ2v) is 13.9. The molecule has 0 saturated carbocycles. The summed E-state index contributed by atoms with van der Waals surface area (Å²) in [6, 6.07) is 33.3. The molecule has 1 heterocycles. The van der Waals surface area contributed by atoms with Crippen LogP contribution in [-0.4, -0.2) is 65.1 Å². The Kier molecular flexibility index (Phi) is 11.3. The SMILES string of the molecule is CC(C)(C)S[C@@H]1O[C@H](COC(=O)c2ccccc2)[C@@H](OC(=O)c2ccccc2)[C@H](OC(=O)c2ccccc2)[C@@H]1OC(=O)c1ccccc1. The van der Waals surface area contributed by atoms with Gasteiger partial charge >= 0.3 is 23.9 Å². The number of benzene rings is 4. The minimum Gasteiger partial charge on any atom is -0.459 e. The predicted molar refractivity (Wildman–Crippen MR) is 180 cm³/mol. The first-order valence-corrected chi connectivity index (χ1v) is 16.3. The van der Waals surface area contributed by atoms with Crippen molar-refractivity contribution in [1.29, 1.82) is 0 Å². The van der Waals surface area contributed by atoms with Crippen LogP contribution in [0.15, 0.2) is 121 Å². The Labute approximate surface area is 283 Å². The minimum absolute atomic E-state index is 0.231. The van der Waals surface area contributed by atoms with Gasteiger partial charge in [0.25, 0.3) is 0 Å². The fourth-order valence-corrected chi connectivity index (χ4v) is 6.21. The summed E-state index contributed by atoms with van der Waals surface area (Å²) in [5.41, 5.74) is 0.112. The molecule has 0 aromatic heterocycles. The predicted octanol–water partition coefficient (Wildman–Crippen LogP) is 6.78. The molecule has 1 fully saturated rings. The largest absolute Gasteiger partial charge is 0.459 e. The molecule has 0 radical (unpaired) electrons. The van der Waals surface area contributed by atoms with Gasteiger partial charge in [0.1, 0.15) is 18.1 Å². The number of rotatable bonds is 10. The number of carbonyl (C=O) groups excluding carboxylic acids is 4. The van der Waals surface area contributed by atoms with E-state index in [4.69, 9.17) is 23.7 Å². The molecule has 0 bridgehead atoms. The van der Waals surface area contributed by atoms with Gasteiger partial charge in [-0.05, 0) is 48.5 Å². The van der Waals surface area contributed by atoms with Gasteiger partial charge < -0.3 is 23.7 Å². The maximum absolute atomic E-state index is 13.6. The quantitative estimate of drug-likeness (QED) is 0.132. The van der Waals surface area contributed by atoms with Crippen molar-refractivity contribution >= 4 is 35.6 Å². The molecule has 0 aliphatic carbocycles. The Bertz CT molecular complexity index is 1680. The molecule has 10 heteroatoms. The van der Waals surface area contributed by atoms with E-state index in [0.717, 1.165) is 0 Å². The zero-order valence-electron chi connectivity index (χ0n) is 26.7. The highest BCUT2D eigenvalue weighted by Crippen LogP contribution is 2.40. The maximum atomic E-state index is 13.6. The summed E-state index contributed by atoms with van der Waals surface area (Å²) in [6.45, 7) is 5.50. The number of thioether (sulfide) groups is 1. The fourth-order valence-electron chi connectivity index (χ4n) is 4.97. The van der Waals surface area contributed by atoms with E-state index in [1.807, 2.05) is 20.8 Å². The van der Waals surface area contributed by atoms with Crippen LogP contribution in [0, 0.1) is 0 Å². The lowest BCUT2D eigenvalue weighted by Gasteiger charge is -2.45. The highest BCUT2D eigenvalue weighted by Gasteiger charge is 2.54. The Balaban J connectivity index is 1.56. The van der Waals surface area contributed by atoms with Gasteiger partial charge in [0.05, 0.1) is 22.3 Å². The highest BCUT2D eigenvalue weighted by molar-refractivity contribution is 8.01. The summed E-state index contributed by atoms with van der Waals surface area (Å²) >= 11 is 1.33. The van der Waals surface area contributed by atoms with Crippen molar-refractivity contribution in [2.75, 3.05) is 6.61 Å².